The maximum atomic E-state index is 9.16. The quantitative estimate of drug-likeness (QED) is 0.628. The second-order valence-electron chi connectivity index (χ2n) is 3.30. The Balaban J connectivity index is 2.80. The van der Waals surface area contributed by atoms with E-state index in [1.165, 1.54) is 0 Å². The van der Waals surface area contributed by atoms with Gasteiger partial charge in [0.05, 0.1) is 5.52 Å². The molecule has 2 aromatic rings. The Morgan fingerprint density at radius 1 is 1.29 bits per heavy atom. The number of pyridine rings is 1. The van der Waals surface area contributed by atoms with Gasteiger partial charge >= 0.3 is 7.12 Å². The highest BCUT2D eigenvalue weighted by molar-refractivity contribution is 6.61. The number of benzene rings is 1. The fourth-order valence-corrected chi connectivity index (χ4v) is 1.57. The van der Waals surface area contributed by atoms with Gasteiger partial charge in [-0.1, -0.05) is 17.7 Å². The lowest BCUT2D eigenvalue weighted by atomic mass is 9.78. The second-order valence-corrected chi connectivity index (χ2v) is 3.30. The first kappa shape index (κ1) is 9.18. The van der Waals surface area contributed by atoms with Crippen LogP contribution in [0.2, 0.25) is 0 Å². The van der Waals surface area contributed by atoms with Gasteiger partial charge < -0.3 is 10.0 Å². The molecule has 4 heteroatoms. The molecule has 0 unspecified atom stereocenters. The van der Waals surface area contributed by atoms with Gasteiger partial charge in [-0.2, -0.15) is 0 Å². The maximum absolute atomic E-state index is 9.16. The molecule has 0 radical (unpaired) electrons. The SMILES string of the molecule is Cc1cc(B(O)O)c2ncccc2c1. The summed E-state index contributed by atoms with van der Waals surface area (Å²) in [6, 6.07) is 7.44. The molecule has 0 atom stereocenters. The normalized spacial score (nSPS) is 10.5. The van der Waals surface area contributed by atoms with Crippen LogP contribution in [0.1, 0.15) is 5.56 Å². The molecule has 70 valence electrons. The van der Waals surface area contributed by atoms with Crippen LogP contribution in [0.3, 0.4) is 0 Å². The Kier molecular flexibility index (Phi) is 2.23. The van der Waals surface area contributed by atoms with Crippen LogP contribution in [0.15, 0.2) is 30.5 Å². The molecule has 0 aliphatic heterocycles. The molecule has 0 saturated carbocycles. The molecule has 14 heavy (non-hydrogen) atoms. The van der Waals surface area contributed by atoms with Crippen molar-refractivity contribution in [3.8, 4) is 0 Å². The van der Waals surface area contributed by atoms with Crippen molar-refractivity contribution in [2.24, 2.45) is 0 Å². The predicted molar refractivity (Wildman–Crippen MR) is 56.3 cm³/mol. The fraction of sp³-hybridized carbons (Fsp3) is 0.100. The van der Waals surface area contributed by atoms with E-state index in [-0.39, 0.29) is 0 Å². The van der Waals surface area contributed by atoms with E-state index in [2.05, 4.69) is 4.98 Å². The molecule has 1 aromatic carbocycles. The molecule has 1 heterocycles. The highest BCUT2D eigenvalue weighted by Crippen LogP contribution is 2.11. The van der Waals surface area contributed by atoms with E-state index in [0.717, 1.165) is 10.9 Å². The van der Waals surface area contributed by atoms with Gasteiger partial charge in [-0.25, -0.2) is 0 Å². The number of hydrogen-bond acceptors (Lipinski definition) is 3. The third-order valence-corrected chi connectivity index (χ3v) is 2.16. The average Bonchev–Trinajstić information content (AvgIpc) is 2.16. The van der Waals surface area contributed by atoms with E-state index in [4.69, 9.17) is 10.0 Å². The molecule has 0 aliphatic carbocycles. The lowest BCUT2D eigenvalue weighted by molar-refractivity contribution is 0.426. The van der Waals surface area contributed by atoms with E-state index < -0.39 is 7.12 Å². The van der Waals surface area contributed by atoms with E-state index in [1.807, 2.05) is 25.1 Å². The van der Waals surface area contributed by atoms with Crippen LogP contribution < -0.4 is 5.46 Å². The number of fused-ring (bicyclic) bond motifs is 1. The monoisotopic (exact) mass is 187 g/mol. The van der Waals surface area contributed by atoms with Crippen molar-refractivity contribution >= 4 is 23.5 Å². The average molecular weight is 187 g/mol. The van der Waals surface area contributed by atoms with Crippen molar-refractivity contribution in [1.29, 1.82) is 0 Å². The highest BCUT2D eigenvalue weighted by Gasteiger charge is 2.15. The molecule has 0 fully saturated rings. The van der Waals surface area contributed by atoms with Gasteiger partial charge in [-0.15, -0.1) is 0 Å². The summed E-state index contributed by atoms with van der Waals surface area (Å²) in [5.74, 6) is 0. The first-order valence-corrected chi connectivity index (χ1v) is 4.40. The lowest BCUT2D eigenvalue weighted by Crippen LogP contribution is -2.31. The molecule has 0 aliphatic rings. The second kappa shape index (κ2) is 3.40. The number of nitrogens with zero attached hydrogens (tertiary/aromatic N) is 1. The fourth-order valence-electron chi connectivity index (χ4n) is 1.57. The summed E-state index contributed by atoms with van der Waals surface area (Å²) in [4.78, 5) is 4.12. The Morgan fingerprint density at radius 3 is 2.79 bits per heavy atom. The van der Waals surface area contributed by atoms with Crippen LogP contribution in [0.5, 0.6) is 0 Å². The third-order valence-electron chi connectivity index (χ3n) is 2.16. The minimum atomic E-state index is -1.47. The summed E-state index contributed by atoms with van der Waals surface area (Å²) in [7, 11) is -1.47. The Bertz CT molecular complexity index is 471. The van der Waals surface area contributed by atoms with E-state index in [1.54, 1.807) is 12.3 Å². The summed E-state index contributed by atoms with van der Waals surface area (Å²) in [6.07, 6.45) is 1.64. The zero-order valence-electron chi connectivity index (χ0n) is 7.81. The summed E-state index contributed by atoms with van der Waals surface area (Å²) >= 11 is 0. The number of aromatic nitrogens is 1. The minimum absolute atomic E-state index is 0.459. The van der Waals surface area contributed by atoms with Gasteiger partial charge in [0.15, 0.2) is 0 Å². The molecule has 0 bridgehead atoms. The molecule has 0 amide bonds. The molecule has 1 aromatic heterocycles. The van der Waals surface area contributed by atoms with Crippen LogP contribution in [0.4, 0.5) is 0 Å². The molecule has 0 spiro atoms. The zero-order valence-corrected chi connectivity index (χ0v) is 7.81. The first-order valence-electron chi connectivity index (χ1n) is 4.40. The molecule has 2 rings (SSSR count). The summed E-state index contributed by atoms with van der Waals surface area (Å²) < 4.78 is 0. The smallest absolute Gasteiger partial charge is 0.423 e. The van der Waals surface area contributed by atoms with Crippen LogP contribution in [0.25, 0.3) is 10.9 Å². The van der Waals surface area contributed by atoms with Crippen LogP contribution in [-0.4, -0.2) is 22.2 Å². The molecule has 0 saturated heterocycles. The van der Waals surface area contributed by atoms with Crippen molar-refractivity contribution in [1.82, 2.24) is 4.98 Å². The van der Waals surface area contributed by atoms with E-state index in [9.17, 15) is 0 Å². The molecule has 3 nitrogen and oxygen atoms in total. The van der Waals surface area contributed by atoms with Crippen LogP contribution in [0, 0.1) is 6.92 Å². The van der Waals surface area contributed by atoms with Crippen LogP contribution in [-0.2, 0) is 0 Å². The summed E-state index contributed by atoms with van der Waals surface area (Å²) in [5, 5.41) is 19.2. The van der Waals surface area contributed by atoms with Gasteiger partial charge in [0, 0.05) is 17.0 Å². The Morgan fingerprint density at radius 2 is 2.07 bits per heavy atom. The highest BCUT2D eigenvalue weighted by atomic mass is 16.4. The number of rotatable bonds is 1. The summed E-state index contributed by atoms with van der Waals surface area (Å²) in [6.45, 7) is 1.92. The van der Waals surface area contributed by atoms with Crippen molar-refractivity contribution in [3.05, 3.63) is 36.0 Å². The molecular formula is C10H10BNO2. The van der Waals surface area contributed by atoms with Crippen molar-refractivity contribution in [2.75, 3.05) is 0 Å². The third kappa shape index (κ3) is 1.50. The number of aryl methyl sites for hydroxylation is 1. The van der Waals surface area contributed by atoms with Crippen molar-refractivity contribution in [2.45, 2.75) is 6.92 Å². The lowest BCUT2D eigenvalue weighted by Gasteiger charge is -2.05. The van der Waals surface area contributed by atoms with E-state index >= 15 is 0 Å². The Hall–Kier alpha value is -1.39. The van der Waals surface area contributed by atoms with Gasteiger partial charge in [-0.3, -0.25) is 4.98 Å². The zero-order chi connectivity index (χ0) is 10.1. The van der Waals surface area contributed by atoms with E-state index in [0.29, 0.717) is 11.0 Å². The number of hydrogen-bond donors (Lipinski definition) is 2. The van der Waals surface area contributed by atoms with Crippen molar-refractivity contribution < 1.29 is 10.0 Å². The standard InChI is InChI=1S/C10H10BNO2/c1-7-5-8-3-2-4-12-10(8)9(6-7)11(13)14/h2-6,13-14H,1H3. The first-order chi connectivity index (χ1) is 6.68. The molecular weight excluding hydrogens is 177 g/mol. The van der Waals surface area contributed by atoms with Gasteiger partial charge in [-0.05, 0) is 19.1 Å². The predicted octanol–water partition coefficient (Wildman–Crippen LogP) is 0.223. The molecule has 2 N–H and O–H groups in total. The maximum Gasteiger partial charge on any atom is 0.490 e. The van der Waals surface area contributed by atoms with Crippen molar-refractivity contribution in [3.63, 3.8) is 0 Å². The topological polar surface area (TPSA) is 53.4 Å². The Labute approximate surface area is 82.2 Å². The van der Waals surface area contributed by atoms with Crippen LogP contribution >= 0.6 is 0 Å². The van der Waals surface area contributed by atoms with Gasteiger partial charge in [0.25, 0.3) is 0 Å². The largest absolute Gasteiger partial charge is 0.490 e. The summed E-state index contributed by atoms with van der Waals surface area (Å²) in [5.41, 5.74) is 2.10. The van der Waals surface area contributed by atoms with Gasteiger partial charge in [0.2, 0.25) is 0 Å². The van der Waals surface area contributed by atoms with Gasteiger partial charge in [0.1, 0.15) is 0 Å². The minimum Gasteiger partial charge on any atom is -0.423 e.